The number of benzene rings is 3. The first-order chi connectivity index (χ1) is 31.3. The Hall–Kier alpha value is -5.74. The number of nitrogens with one attached hydrogen (secondary N) is 1. The maximum absolute atomic E-state index is 15.5. The zero-order valence-electron chi connectivity index (χ0n) is 39.8. The van der Waals surface area contributed by atoms with Crippen LogP contribution in [0.3, 0.4) is 0 Å². The normalized spacial score (nSPS) is 33.0. The van der Waals surface area contributed by atoms with Gasteiger partial charge in [0.15, 0.2) is 23.6 Å². The molecule has 15 nitrogen and oxygen atoms in total. The minimum atomic E-state index is -2.49. The molecule has 3 aliphatic carbocycles. The molecule has 1 saturated heterocycles. The van der Waals surface area contributed by atoms with Crippen LogP contribution in [0.15, 0.2) is 102 Å². The predicted octanol–water partition coefficient (Wildman–Crippen LogP) is 3.74. The van der Waals surface area contributed by atoms with Gasteiger partial charge in [-0.1, -0.05) is 80.5 Å². The molecule has 3 aromatic rings. The van der Waals surface area contributed by atoms with Crippen LogP contribution < -0.4 is 5.32 Å². The number of esters is 4. The number of hydrogen-bond acceptors (Lipinski definition) is 14. The monoisotopic (exact) mass is 858 g/mol. The van der Waals surface area contributed by atoms with Crippen LogP contribution in [-0.4, -0.2) is 105 Å². The molecule has 328 valence electrons. The highest BCUT2D eigenvalue weighted by Crippen LogP contribution is 2.64. The summed E-state index contributed by atoms with van der Waals surface area (Å²) in [6, 6.07) is 9.44. The smallest absolute Gasteiger partial charge is 0.338 e. The molecule has 0 spiro atoms. The average molecular weight is 859 g/mol. The van der Waals surface area contributed by atoms with Crippen LogP contribution in [0.5, 0.6) is 0 Å². The summed E-state index contributed by atoms with van der Waals surface area (Å²) in [4.78, 5) is 84.1. The standard InChI is InChI=1S/C47H51NO14/c1-25-31(60-43(56)36(52)35(28-16-10-7-11-17-28)48-41(54)29-18-12-8-13-19-29)23-47(57)40(61-42(55)30-20-14-9-15-21-30)38-45(6,32(51)22-33-46(38,24-58-33)62-27(3)50)39(53)37(59-26(2)49)34(25)44(47,4)5/h7-21,31-33,35-38,40,51-52,57H,22-24H2,1-6H3,(H,48,54)/t31-,32-,33+,35-,36+,37+,38-,40-,45+,46-,47+/m0/s1/i8D,12D,13D,18D,19D. The van der Waals surface area contributed by atoms with Crippen LogP contribution >= 0.6 is 0 Å². The van der Waals surface area contributed by atoms with Crippen molar-refractivity contribution < 1.29 is 74.6 Å². The van der Waals surface area contributed by atoms with Crippen molar-refractivity contribution in [1.29, 1.82) is 0 Å². The van der Waals surface area contributed by atoms with E-state index < -0.39 is 148 Å². The van der Waals surface area contributed by atoms with Crippen LogP contribution in [0.25, 0.3) is 0 Å². The summed E-state index contributed by atoms with van der Waals surface area (Å²) in [5, 5.41) is 40.1. The maximum Gasteiger partial charge on any atom is 0.338 e. The fourth-order valence-corrected chi connectivity index (χ4v) is 9.95. The number of aliphatic hydroxyl groups excluding tert-OH is 2. The first kappa shape index (κ1) is 38.0. The fraction of sp³-hybridized carbons (Fsp3) is 0.447. The SMILES string of the molecule is [2H]c1c([2H])c([2H])c(C(=O)N[C@@H](c2ccccc2)[C@@H](O)C(=O)O[C@H]2C[C@@]3(O)[C@@H](OC(=O)c4ccccc4)[C@@H]4[C@]5(OC(C)=O)CO[C@@H]5C[C@H](O)[C@@]4(C)C(=O)[C@H](OC(C)=O)C(=C2C)C3(C)C)c([2H])c1[2H]. The number of rotatable bonds is 10. The van der Waals surface area contributed by atoms with E-state index in [-0.39, 0.29) is 35.3 Å². The molecule has 1 aliphatic heterocycles. The van der Waals surface area contributed by atoms with Gasteiger partial charge in [0.2, 0.25) is 0 Å². The predicted molar refractivity (Wildman–Crippen MR) is 218 cm³/mol. The highest BCUT2D eigenvalue weighted by Gasteiger charge is 2.78. The zero-order valence-corrected chi connectivity index (χ0v) is 34.8. The maximum atomic E-state index is 15.5. The van der Waals surface area contributed by atoms with E-state index in [2.05, 4.69) is 5.32 Å². The van der Waals surface area contributed by atoms with Gasteiger partial charge in [0.1, 0.15) is 23.9 Å². The van der Waals surface area contributed by atoms with Crippen LogP contribution in [0.2, 0.25) is 0 Å². The van der Waals surface area contributed by atoms with Crippen molar-refractivity contribution in [3.05, 3.63) is 119 Å². The number of carbonyl (C=O) groups excluding carboxylic acids is 6. The molecule has 4 aliphatic rings. The number of aliphatic hydroxyl groups is 3. The first-order valence-corrected chi connectivity index (χ1v) is 20.1. The third-order valence-electron chi connectivity index (χ3n) is 13.2. The minimum absolute atomic E-state index is 0.0163. The molecule has 15 heteroatoms. The third kappa shape index (κ3) is 7.29. The fourth-order valence-electron chi connectivity index (χ4n) is 9.95. The van der Waals surface area contributed by atoms with Gasteiger partial charge in [-0.05, 0) is 54.8 Å². The van der Waals surface area contributed by atoms with E-state index in [1.807, 2.05) is 0 Å². The summed E-state index contributed by atoms with van der Waals surface area (Å²) in [7, 11) is 0. The lowest BCUT2D eigenvalue weighted by atomic mass is 9.44. The van der Waals surface area contributed by atoms with Crippen molar-refractivity contribution in [3.8, 4) is 0 Å². The number of Topliss-reactive ketones (excluding diaryl/α,β-unsaturated/α-hetero) is 1. The molecule has 3 aromatic carbocycles. The lowest BCUT2D eigenvalue weighted by Crippen LogP contribution is -2.82. The van der Waals surface area contributed by atoms with Gasteiger partial charge < -0.3 is 44.3 Å². The molecule has 0 radical (unpaired) electrons. The lowest BCUT2D eigenvalue weighted by molar-refractivity contribution is -0.346. The quantitative estimate of drug-likeness (QED) is 0.130. The summed E-state index contributed by atoms with van der Waals surface area (Å²) in [6.07, 6.45) is -11.4. The Morgan fingerprint density at radius 1 is 0.887 bits per heavy atom. The van der Waals surface area contributed by atoms with Gasteiger partial charge in [0.25, 0.3) is 5.91 Å². The molecule has 2 saturated carbocycles. The van der Waals surface area contributed by atoms with Gasteiger partial charge >= 0.3 is 23.9 Å². The number of hydrogen-bond donors (Lipinski definition) is 4. The van der Waals surface area contributed by atoms with Crippen LogP contribution in [0, 0.1) is 16.7 Å². The van der Waals surface area contributed by atoms with E-state index in [1.54, 1.807) is 24.3 Å². The van der Waals surface area contributed by atoms with Gasteiger partial charge in [-0.2, -0.15) is 0 Å². The molecule has 7 rings (SSSR count). The van der Waals surface area contributed by atoms with Gasteiger partial charge in [-0.3, -0.25) is 19.2 Å². The van der Waals surface area contributed by atoms with Crippen molar-refractivity contribution >= 4 is 35.6 Å². The second kappa shape index (κ2) is 16.5. The molecule has 0 aromatic heterocycles. The Bertz CT molecular complexity index is 2550. The molecule has 11 atom stereocenters. The van der Waals surface area contributed by atoms with E-state index in [4.69, 9.17) is 30.5 Å². The number of ketones is 1. The second-order valence-electron chi connectivity index (χ2n) is 17.0. The van der Waals surface area contributed by atoms with Gasteiger partial charge in [0, 0.05) is 37.7 Å². The van der Waals surface area contributed by atoms with Crippen molar-refractivity contribution in [1.82, 2.24) is 5.32 Å². The van der Waals surface area contributed by atoms with Crippen molar-refractivity contribution in [2.24, 2.45) is 16.7 Å². The molecular weight excluding hydrogens is 803 g/mol. The summed E-state index contributed by atoms with van der Waals surface area (Å²) >= 11 is 0. The Morgan fingerprint density at radius 2 is 1.52 bits per heavy atom. The highest BCUT2D eigenvalue weighted by atomic mass is 16.6. The topological polar surface area (TPSA) is 221 Å². The Morgan fingerprint density at radius 3 is 2.10 bits per heavy atom. The highest BCUT2D eigenvalue weighted by molar-refractivity contribution is 5.96. The number of carbonyl (C=O) groups is 6. The zero-order chi connectivity index (χ0) is 49.3. The molecule has 1 heterocycles. The van der Waals surface area contributed by atoms with Gasteiger partial charge in [-0.25, -0.2) is 9.59 Å². The van der Waals surface area contributed by atoms with Crippen molar-refractivity contribution in [2.75, 3.05) is 6.61 Å². The third-order valence-corrected chi connectivity index (χ3v) is 13.2. The summed E-state index contributed by atoms with van der Waals surface area (Å²) in [5.74, 6) is -7.99. The Kier molecular flexibility index (Phi) is 10.1. The minimum Gasteiger partial charge on any atom is -0.456 e. The second-order valence-corrected chi connectivity index (χ2v) is 17.0. The molecule has 0 unspecified atom stereocenters. The number of amides is 1. The molecular formula is C47H51NO14. The molecule has 1 amide bonds. The Balaban J connectivity index is 1.38. The summed E-state index contributed by atoms with van der Waals surface area (Å²) in [6.45, 7) is 7.59. The van der Waals surface area contributed by atoms with Gasteiger partial charge in [0.05, 0.1) is 42.5 Å². The van der Waals surface area contributed by atoms with E-state index >= 15 is 4.79 Å². The summed E-state index contributed by atoms with van der Waals surface area (Å²) < 4.78 is 70.8. The van der Waals surface area contributed by atoms with Crippen molar-refractivity contribution in [3.63, 3.8) is 0 Å². The van der Waals surface area contributed by atoms with Crippen LogP contribution in [-0.2, 0) is 42.9 Å². The van der Waals surface area contributed by atoms with E-state index in [9.17, 15) is 39.3 Å². The van der Waals surface area contributed by atoms with E-state index in [0.717, 1.165) is 13.8 Å². The lowest BCUT2D eigenvalue weighted by Gasteiger charge is -2.67. The van der Waals surface area contributed by atoms with Crippen LogP contribution in [0.1, 0.15) is 93.6 Å². The molecule has 4 N–H and O–H groups in total. The van der Waals surface area contributed by atoms with E-state index in [1.165, 1.54) is 64.1 Å². The van der Waals surface area contributed by atoms with Crippen LogP contribution in [0.4, 0.5) is 0 Å². The number of fused-ring (bicyclic) bond motifs is 5. The van der Waals surface area contributed by atoms with E-state index in [0.29, 0.717) is 0 Å². The molecule has 2 bridgehead atoms. The number of ether oxygens (including phenoxy) is 5. The van der Waals surface area contributed by atoms with Crippen molar-refractivity contribution in [2.45, 2.75) is 108 Å². The largest absolute Gasteiger partial charge is 0.456 e. The molecule has 3 fully saturated rings. The van der Waals surface area contributed by atoms with Gasteiger partial charge in [-0.15, -0.1) is 0 Å². The average Bonchev–Trinajstić information content (AvgIpc) is 3.27. The molecule has 62 heavy (non-hydrogen) atoms. The Labute approximate surface area is 365 Å². The summed E-state index contributed by atoms with van der Waals surface area (Å²) in [5.41, 5.74) is -8.87. The first-order valence-electron chi connectivity index (χ1n) is 22.6.